The van der Waals surface area contributed by atoms with Crippen molar-refractivity contribution in [1.29, 1.82) is 0 Å². The molecule has 0 aliphatic carbocycles. The van der Waals surface area contributed by atoms with Crippen molar-refractivity contribution >= 4 is 11.7 Å². The summed E-state index contributed by atoms with van der Waals surface area (Å²) in [6.07, 6.45) is 3.49. The first-order chi connectivity index (χ1) is 12.5. The lowest BCUT2D eigenvalue weighted by molar-refractivity contribution is 0.251. The molecule has 0 saturated heterocycles. The summed E-state index contributed by atoms with van der Waals surface area (Å²) < 4.78 is 41.5. The molecule has 0 atom stereocenters. The van der Waals surface area contributed by atoms with Crippen LogP contribution in [0.15, 0.2) is 54.9 Å². The lowest BCUT2D eigenvalue weighted by atomic mass is 10.1. The Hall–Kier alpha value is -3.29. The van der Waals surface area contributed by atoms with Gasteiger partial charge in [0, 0.05) is 18.9 Å². The third-order valence-corrected chi connectivity index (χ3v) is 3.73. The second-order valence-corrected chi connectivity index (χ2v) is 5.50. The molecule has 134 valence electrons. The van der Waals surface area contributed by atoms with E-state index in [4.69, 9.17) is 0 Å². The highest BCUT2D eigenvalue weighted by Crippen LogP contribution is 2.19. The molecule has 0 aliphatic rings. The molecule has 0 aliphatic heterocycles. The Bertz CT molecular complexity index is 913. The Morgan fingerprint density at radius 2 is 1.77 bits per heavy atom. The Labute approximate surface area is 147 Å². The second kappa shape index (κ2) is 7.73. The second-order valence-electron chi connectivity index (χ2n) is 5.50. The van der Waals surface area contributed by atoms with Crippen molar-refractivity contribution in [2.24, 2.45) is 0 Å². The summed E-state index contributed by atoms with van der Waals surface area (Å²) in [5.41, 5.74) is 1.37. The zero-order valence-corrected chi connectivity index (χ0v) is 13.5. The largest absolute Gasteiger partial charge is 0.334 e. The molecule has 2 N–H and O–H groups in total. The molecule has 2 aromatic carbocycles. The first-order valence-electron chi connectivity index (χ1n) is 7.77. The van der Waals surface area contributed by atoms with Crippen LogP contribution in [0, 0.1) is 17.5 Å². The number of nitrogens with one attached hydrogen (secondary N) is 2. The number of urea groups is 1. The number of benzene rings is 2. The lowest BCUT2D eigenvalue weighted by Gasteiger charge is -2.12. The van der Waals surface area contributed by atoms with Gasteiger partial charge in [-0.1, -0.05) is 24.3 Å². The normalized spacial score (nSPS) is 10.6. The summed E-state index contributed by atoms with van der Waals surface area (Å²) in [5, 5.41) is 8.87. The number of hydrogen-bond acceptors (Lipinski definition) is 2. The number of carbonyl (C=O) groups is 1. The fraction of sp³-hybridized carbons (Fsp3) is 0.111. The minimum absolute atomic E-state index is 0.175. The number of anilines is 1. The Kier molecular flexibility index (Phi) is 5.21. The van der Waals surface area contributed by atoms with Gasteiger partial charge in [-0.3, -0.25) is 4.68 Å². The minimum atomic E-state index is -1.63. The van der Waals surface area contributed by atoms with Crippen molar-refractivity contribution in [3.8, 4) is 0 Å². The van der Waals surface area contributed by atoms with Gasteiger partial charge in [0.25, 0.3) is 0 Å². The maximum absolute atomic E-state index is 13.6. The smallest absolute Gasteiger partial charge is 0.319 e. The van der Waals surface area contributed by atoms with Crippen molar-refractivity contribution in [3.63, 3.8) is 0 Å². The molecule has 26 heavy (non-hydrogen) atoms. The van der Waals surface area contributed by atoms with Crippen LogP contribution >= 0.6 is 0 Å². The highest BCUT2D eigenvalue weighted by molar-refractivity contribution is 5.89. The van der Waals surface area contributed by atoms with Crippen LogP contribution in [0.5, 0.6) is 0 Å². The molecule has 0 radical (unpaired) electrons. The van der Waals surface area contributed by atoms with Crippen LogP contribution in [0.3, 0.4) is 0 Å². The van der Waals surface area contributed by atoms with Gasteiger partial charge in [0.1, 0.15) is 0 Å². The third kappa shape index (κ3) is 4.02. The van der Waals surface area contributed by atoms with Crippen molar-refractivity contribution < 1.29 is 18.0 Å². The third-order valence-electron chi connectivity index (χ3n) is 3.73. The summed E-state index contributed by atoms with van der Waals surface area (Å²) in [7, 11) is 0. The van der Waals surface area contributed by atoms with Crippen LogP contribution in [0.4, 0.5) is 23.7 Å². The van der Waals surface area contributed by atoms with Gasteiger partial charge < -0.3 is 10.6 Å². The molecule has 3 rings (SSSR count). The summed E-state index contributed by atoms with van der Waals surface area (Å²) in [6, 6.07) is 10.2. The zero-order valence-electron chi connectivity index (χ0n) is 13.5. The fourth-order valence-electron chi connectivity index (χ4n) is 2.42. The average molecular weight is 360 g/mol. The molecule has 0 bridgehead atoms. The molecular weight excluding hydrogens is 345 g/mol. The van der Waals surface area contributed by atoms with E-state index < -0.39 is 29.2 Å². The molecule has 0 fully saturated rings. The number of rotatable bonds is 5. The van der Waals surface area contributed by atoms with Crippen molar-refractivity contribution in [1.82, 2.24) is 15.1 Å². The summed E-state index contributed by atoms with van der Waals surface area (Å²) >= 11 is 0. The summed E-state index contributed by atoms with van der Waals surface area (Å²) in [6.45, 7) is 0.707. The highest BCUT2D eigenvalue weighted by Gasteiger charge is 2.15. The van der Waals surface area contributed by atoms with Gasteiger partial charge >= 0.3 is 6.03 Å². The summed E-state index contributed by atoms with van der Waals surface area (Å²) in [5.74, 6) is -4.40. The highest BCUT2D eigenvalue weighted by atomic mass is 19.2. The molecule has 1 heterocycles. The number of nitrogens with zero attached hydrogens (tertiary/aromatic N) is 2. The van der Waals surface area contributed by atoms with E-state index in [1.54, 1.807) is 10.9 Å². The number of carbonyl (C=O) groups excluding carboxylic acids is 1. The van der Waals surface area contributed by atoms with E-state index >= 15 is 0 Å². The molecule has 0 unspecified atom stereocenters. The summed E-state index contributed by atoms with van der Waals surface area (Å²) in [4.78, 5) is 11.9. The molecule has 1 aromatic heterocycles. The van der Waals surface area contributed by atoms with Gasteiger partial charge in [-0.05, 0) is 29.3 Å². The first kappa shape index (κ1) is 17.5. The van der Waals surface area contributed by atoms with Crippen LogP contribution in [0.25, 0.3) is 0 Å². The first-order valence-corrected chi connectivity index (χ1v) is 7.77. The topological polar surface area (TPSA) is 59.0 Å². The SMILES string of the molecule is O=C(NCc1ccccc1Cn1cccn1)Nc1ccc(F)c(F)c1F. The van der Waals surface area contributed by atoms with E-state index in [2.05, 4.69) is 15.7 Å². The molecule has 8 heteroatoms. The van der Waals surface area contributed by atoms with Crippen LogP contribution in [0.2, 0.25) is 0 Å². The number of aromatic nitrogens is 2. The molecule has 0 saturated carbocycles. The molecule has 5 nitrogen and oxygen atoms in total. The van der Waals surface area contributed by atoms with Crippen molar-refractivity contribution in [2.45, 2.75) is 13.1 Å². The van der Waals surface area contributed by atoms with Crippen LogP contribution in [0.1, 0.15) is 11.1 Å². The van der Waals surface area contributed by atoms with Gasteiger partial charge in [-0.2, -0.15) is 5.10 Å². The van der Waals surface area contributed by atoms with Crippen molar-refractivity contribution in [2.75, 3.05) is 5.32 Å². The molecule has 2 amide bonds. The van der Waals surface area contributed by atoms with Crippen LogP contribution < -0.4 is 10.6 Å². The zero-order chi connectivity index (χ0) is 18.5. The molecule has 3 aromatic rings. The lowest BCUT2D eigenvalue weighted by Crippen LogP contribution is -2.29. The monoisotopic (exact) mass is 360 g/mol. The Morgan fingerprint density at radius 1 is 1.00 bits per heavy atom. The standard InChI is InChI=1S/C18H15F3N4O/c19-14-6-7-15(17(21)16(14)20)24-18(26)22-10-12-4-1-2-5-13(12)11-25-9-3-8-23-25/h1-9H,10-11H2,(H2,22,24,26). The van der Waals surface area contributed by atoms with Crippen LogP contribution in [-0.4, -0.2) is 15.8 Å². The maximum atomic E-state index is 13.6. The van der Waals surface area contributed by atoms with E-state index in [1.807, 2.05) is 36.5 Å². The fourth-order valence-corrected chi connectivity index (χ4v) is 2.42. The van der Waals surface area contributed by atoms with Gasteiger partial charge in [-0.25, -0.2) is 18.0 Å². The number of hydrogen-bond donors (Lipinski definition) is 2. The Morgan fingerprint density at radius 3 is 2.50 bits per heavy atom. The predicted octanol–water partition coefficient (Wildman–Crippen LogP) is 3.67. The van der Waals surface area contributed by atoms with E-state index in [9.17, 15) is 18.0 Å². The number of amides is 2. The van der Waals surface area contributed by atoms with Gasteiger partial charge in [0.2, 0.25) is 0 Å². The van der Waals surface area contributed by atoms with E-state index in [0.29, 0.717) is 6.54 Å². The van der Waals surface area contributed by atoms with E-state index in [0.717, 1.165) is 23.3 Å². The Balaban J connectivity index is 1.64. The van der Waals surface area contributed by atoms with Crippen molar-refractivity contribution in [3.05, 3.63) is 83.4 Å². The number of halogens is 3. The maximum Gasteiger partial charge on any atom is 0.319 e. The van der Waals surface area contributed by atoms with Crippen LogP contribution in [-0.2, 0) is 13.1 Å². The van der Waals surface area contributed by atoms with E-state index in [-0.39, 0.29) is 6.54 Å². The molecular formula is C18H15F3N4O. The van der Waals surface area contributed by atoms with E-state index in [1.165, 1.54) is 0 Å². The predicted molar refractivity (Wildman–Crippen MR) is 89.9 cm³/mol. The van der Waals surface area contributed by atoms with Gasteiger partial charge in [0.05, 0.1) is 12.2 Å². The van der Waals surface area contributed by atoms with Gasteiger partial charge in [0.15, 0.2) is 17.5 Å². The van der Waals surface area contributed by atoms with Gasteiger partial charge in [-0.15, -0.1) is 0 Å². The quantitative estimate of drug-likeness (QED) is 0.682. The average Bonchev–Trinajstić information content (AvgIpc) is 3.14. The molecule has 0 spiro atoms. The minimum Gasteiger partial charge on any atom is -0.334 e.